The van der Waals surface area contributed by atoms with Crippen LogP contribution in [0.15, 0.2) is 30.3 Å². The zero-order valence-corrected chi connectivity index (χ0v) is 13.2. The molecular formula is C17H23N3O. The molecule has 0 aliphatic rings. The molecule has 2 aromatic rings. The van der Waals surface area contributed by atoms with Crippen molar-refractivity contribution in [3.63, 3.8) is 0 Å². The lowest BCUT2D eigenvalue weighted by Crippen LogP contribution is -2.04. The molecule has 4 nitrogen and oxygen atoms in total. The van der Waals surface area contributed by atoms with E-state index in [1.807, 2.05) is 44.3 Å². The lowest BCUT2D eigenvalue weighted by Gasteiger charge is -2.10. The van der Waals surface area contributed by atoms with Crippen LogP contribution in [0.4, 0.5) is 5.82 Å². The van der Waals surface area contributed by atoms with Gasteiger partial charge in [-0.25, -0.2) is 9.97 Å². The maximum Gasteiger partial charge on any atom is 0.161 e. The topological polar surface area (TPSA) is 47.0 Å². The van der Waals surface area contributed by atoms with Crippen molar-refractivity contribution in [1.29, 1.82) is 0 Å². The van der Waals surface area contributed by atoms with Crippen molar-refractivity contribution in [3.05, 3.63) is 36.0 Å². The molecule has 21 heavy (non-hydrogen) atoms. The van der Waals surface area contributed by atoms with Crippen LogP contribution in [0.3, 0.4) is 0 Å². The number of rotatable bonds is 6. The Kier molecular flexibility index (Phi) is 5.14. The number of nitrogens with zero attached hydrogens (tertiary/aromatic N) is 2. The number of ether oxygens (including phenoxy) is 1. The summed E-state index contributed by atoms with van der Waals surface area (Å²) in [5.41, 5.74) is 2.03. The summed E-state index contributed by atoms with van der Waals surface area (Å²) in [7, 11) is 1.88. The molecule has 0 bridgehead atoms. The SMILES string of the molecule is CCOc1cccc(-c2nc(CC(C)C)cc(NC)n2)c1. The second kappa shape index (κ2) is 7.07. The lowest BCUT2D eigenvalue weighted by atomic mass is 10.1. The van der Waals surface area contributed by atoms with Crippen LogP contribution < -0.4 is 10.1 Å². The molecule has 1 heterocycles. The van der Waals surface area contributed by atoms with Crippen molar-refractivity contribution in [2.24, 2.45) is 5.92 Å². The van der Waals surface area contributed by atoms with E-state index in [0.29, 0.717) is 12.5 Å². The molecule has 0 aliphatic heterocycles. The standard InChI is InChI=1S/C17H23N3O/c1-5-21-15-8-6-7-13(10-15)17-19-14(9-12(2)3)11-16(18-4)20-17/h6-8,10-12H,5,9H2,1-4H3,(H,18,19,20). The predicted molar refractivity (Wildman–Crippen MR) is 86.7 cm³/mol. The zero-order chi connectivity index (χ0) is 15.2. The average Bonchev–Trinajstić information content (AvgIpc) is 2.47. The molecule has 0 saturated heterocycles. The van der Waals surface area contributed by atoms with Gasteiger partial charge in [-0.15, -0.1) is 0 Å². The zero-order valence-electron chi connectivity index (χ0n) is 13.2. The molecule has 0 spiro atoms. The summed E-state index contributed by atoms with van der Waals surface area (Å²) in [6.07, 6.45) is 0.940. The van der Waals surface area contributed by atoms with Crippen molar-refractivity contribution in [3.8, 4) is 17.1 Å². The van der Waals surface area contributed by atoms with Crippen LogP contribution in [-0.4, -0.2) is 23.6 Å². The van der Waals surface area contributed by atoms with Gasteiger partial charge >= 0.3 is 0 Å². The summed E-state index contributed by atoms with van der Waals surface area (Å²) in [6.45, 7) is 7.01. The van der Waals surface area contributed by atoms with Gasteiger partial charge in [-0.3, -0.25) is 0 Å². The third-order valence-electron chi connectivity index (χ3n) is 3.06. The molecule has 0 amide bonds. The van der Waals surface area contributed by atoms with Gasteiger partial charge in [0.15, 0.2) is 5.82 Å². The summed E-state index contributed by atoms with van der Waals surface area (Å²) in [5, 5.41) is 3.11. The van der Waals surface area contributed by atoms with Gasteiger partial charge in [-0.2, -0.15) is 0 Å². The number of hydrogen-bond acceptors (Lipinski definition) is 4. The summed E-state index contributed by atoms with van der Waals surface area (Å²) in [4.78, 5) is 9.24. The number of benzene rings is 1. The number of hydrogen-bond donors (Lipinski definition) is 1. The van der Waals surface area contributed by atoms with E-state index in [4.69, 9.17) is 4.74 Å². The fourth-order valence-corrected chi connectivity index (χ4v) is 2.17. The van der Waals surface area contributed by atoms with E-state index in [-0.39, 0.29) is 0 Å². The Hall–Kier alpha value is -2.10. The van der Waals surface area contributed by atoms with Crippen LogP contribution >= 0.6 is 0 Å². The minimum atomic E-state index is 0.562. The molecule has 112 valence electrons. The van der Waals surface area contributed by atoms with Crippen LogP contribution in [0, 0.1) is 5.92 Å². The molecule has 4 heteroatoms. The van der Waals surface area contributed by atoms with Gasteiger partial charge in [-0.1, -0.05) is 26.0 Å². The van der Waals surface area contributed by atoms with Gasteiger partial charge in [0.2, 0.25) is 0 Å². The van der Waals surface area contributed by atoms with Crippen molar-refractivity contribution in [1.82, 2.24) is 9.97 Å². The largest absolute Gasteiger partial charge is 0.494 e. The van der Waals surface area contributed by atoms with E-state index in [1.54, 1.807) is 0 Å². The highest BCUT2D eigenvalue weighted by atomic mass is 16.5. The van der Waals surface area contributed by atoms with Gasteiger partial charge < -0.3 is 10.1 Å². The Labute approximate surface area is 126 Å². The first-order valence-corrected chi connectivity index (χ1v) is 7.41. The molecule has 2 rings (SSSR count). The van der Waals surface area contributed by atoms with E-state index in [2.05, 4.69) is 29.1 Å². The van der Waals surface area contributed by atoms with Crippen LogP contribution in [-0.2, 0) is 6.42 Å². The van der Waals surface area contributed by atoms with Crippen LogP contribution in [0.2, 0.25) is 0 Å². The second-order valence-corrected chi connectivity index (χ2v) is 5.38. The molecular weight excluding hydrogens is 262 g/mol. The Morgan fingerprint density at radius 1 is 1.19 bits per heavy atom. The minimum Gasteiger partial charge on any atom is -0.494 e. The third-order valence-corrected chi connectivity index (χ3v) is 3.06. The molecule has 0 fully saturated rings. The summed E-state index contributed by atoms with van der Waals surface area (Å²) in [5.74, 6) is 2.99. The molecule has 0 atom stereocenters. The van der Waals surface area contributed by atoms with Crippen molar-refractivity contribution in [2.75, 3.05) is 19.0 Å². The summed E-state index contributed by atoms with van der Waals surface area (Å²) < 4.78 is 5.55. The van der Waals surface area contributed by atoms with E-state index in [9.17, 15) is 0 Å². The molecule has 0 saturated carbocycles. The van der Waals surface area contributed by atoms with Gasteiger partial charge in [0.05, 0.1) is 6.61 Å². The highest BCUT2D eigenvalue weighted by Gasteiger charge is 2.08. The minimum absolute atomic E-state index is 0.562. The van der Waals surface area contributed by atoms with E-state index in [0.717, 1.165) is 35.1 Å². The first kappa shape index (κ1) is 15.3. The molecule has 1 aromatic carbocycles. The lowest BCUT2D eigenvalue weighted by molar-refractivity contribution is 0.340. The molecule has 1 aromatic heterocycles. The monoisotopic (exact) mass is 285 g/mol. The number of anilines is 1. The van der Waals surface area contributed by atoms with Gasteiger partial charge in [0.1, 0.15) is 11.6 Å². The summed E-state index contributed by atoms with van der Waals surface area (Å²) >= 11 is 0. The second-order valence-electron chi connectivity index (χ2n) is 5.38. The third kappa shape index (κ3) is 4.18. The normalized spacial score (nSPS) is 10.7. The van der Waals surface area contributed by atoms with Gasteiger partial charge in [-0.05, 0) is 31.4 Å². The Morgan fingerprint density at radius 2 is 2.00 bits per heavy atom. The van der Waals surface area contributed by atoms with Crippen LogP contribution in [0.5, 0.6) is 5.75 Å². The Bertz CT molecular complexity index is 596. The van der Waals surface area contributed by atoms with Crippen LogP contribution in [0.1, 0.15) is 26.5 Å². The highest BCUT2D eigenvalue weighted by Crippen LogP contribution is 2.23. The maximum atomic E-state index is 5.55. The van der Waals surface area contributed by atoms with Gasteiger partial charge in [0, 0.05) is 24.4 Å². The Balaban J connectivity index is 2.39. The average molecular weight is 285 g/mol. The molecule has 0 unspecified atom stereocenters. The molecule has 1 N–H and O–H groups in total. The first-order chi connectivity index (χ1) is 10.1. The summed E-state index contributed by atoms with van der Waals surface area (Å²) in [6, 6.07) is 9.92. The van der Waals surface area contributed by atoms with E-state index in [1.165, 1.54) is 0 Å². The van der Waals surface area contributed by atoms with Crippen LogP contribution in [0.25, 0.3) is 11.4 Å². The number of aromatic nitrogens is 2. The Morgan fingerprint density at radius 3 is 2.67 bits per heavy atom. The van der Waals surface area contributed by atoms with Crippen molar-refractivity contribution in [2.45, 2.75) is 27.2 Å². The smallest absolute Gasteiger partial charge is 0.161 e. The van der Waals surface area contributed by atoms with Crippen molar-refractivity contribution >= 4 is 5.82 Å². The fourth-order valence-electron chi connectivity index (χ4n) is 2.17. The highest BCUT2D eigenvalue weighted by molar-refractivity contribution is 5.59. The van der Waals surface area contributed by atoms with Crippen molar-refractivity contribution < 1.29 is 4.74 Å². The van der Waals surface area contributed by atoms with E-state index >= 15 is 0 Å². The number of nitrogens with one attached hydrogen (secondary N) is 1. The maximum absolute atomic E-state index is 5.55. The van der Waals surface area contributed by atoms with E-state index < -0.39 is 0 Å². The quantitative estimate of drug-likeness (QED) is 0.877. The molecule has 0 aliphatic carbocycles. The fraction of sp³-hybridized carbons (Fsp3) is 0.412. The molecule has 0 radical (unpaired) electrons. The predicted octanol–water partition coefficient (Wildman–Crippen LogP) is 3.78. The van der Waals surface area contributed by atoms with Gasteiger partial charge in [0.25, 0.3) is 0 Å². The first-order valence-electron chi connectivity index (χ1n) is 7.41.